The zero-order valence-corrected chi connectivity index (χ0v) is 16.2. The number of benzene rings is 2. The summed E-state index contributed by atoms with van der Waals surface area (Å²) in [7, 11) is 1.69. The molecule has 3 aliphatic heterocycles. The fourth-order valence-corrected chi connectivity index (χ4v) is 4.53. The molecule has 2 aromatic rings. The molecule has 4 nitrogen and oxygen atoms in total. The molecule has 0 saturated carbocycles. The Kier molecular flexibility index (Phi) is 5.95. The SMILES string of the molecule is COc1ccccc1OCCN1C[C@H]2CC[C@@H]1CN(Cc1ccccc1)C2. The summed E-state index contributed by atoms with van der Waals surface area (Å²) in [5, 5.41) is 0. The molecule has 144 valence electrons. The molecule has 3 fully saturated rings. The quantitative estimate of drug-likeness (QED) is 0.746. The number of fused-ring (bicyclic) bond motifs is 4. The van der Waals surface area contributed by atoms with Gasteiger partial charge in [-0.3, -0.25) is 9.80 Å². The van der Waals surface area contributed by atoms with E-state index in [1.54, 1.807) is 7.11 Å². The molecule has 0 spiro atoms. The van der Waals surface area contributed by atoms with Gasteiger partial charge in [-0.25, -0.2) is 0 Å². The molecule has 0 N–H and O–H groups in total. The molecule has 0 aliphatic carbocycles. The second kappa shape index (κ2) is 8.77. The molecule has 27 heavy (non-hydrogen) atoms. The second-order valence-corrected chi connectivity index (χ2v) is 7.77. The third-order valence-electron chi connectivity index (χ3n) is 5.86. The van der Waals surface area contributed by atoms with E-state index < -0.39 is 0 Å². The van der Waals surface area contributed by atoms with Gasteiger partial charge in [0.2, 0.25) is 0 Å². The maximum atomic E-state index is 6.02. The number of hydrogen-bond donors (Lipinski definition) is 0. The average Bonchev–Trinajstić information content (AvgIpc) is 3.00. The minimum Gasteiger partial charge on any atom is -0.493 e. The number of rotatable bonds is 7. The van der Waals surface area contributed by atoms with Crippen LogP contribution in [-0.2, 0) is 6.54 Å². The van der Waals surface area contributed by atoms with Gasteiger partial charge in [0.1, 0.15) is 6.61 Å². The van der Waals surface area contributed by atoms with Gasteiger partial charge in [-0.1, -0.05) is 42.5 Å². The van der Waals surface area contributed by atoms with E-state index in [1.807, 2.05) is 24.3 Å². The van der Waals surface area contributed by atoms with Gasteiger partial charge < -0.3 is 9.47 Å². The minimum atomic E-state index is 0.647. The number of methoxy groups -OCH3 is 1. The van der Waals surface area contributed by atoms with Crippen molar-refractivity contribution in [3.8, 4) is 11.5 Å². The summed E-state index contributed by atoms with van der Waals surface area (Å²) in [5.74, 6) is 2.42. The third kappa shape index (κ3) is 4.63. The predicted molar refractivity (Wildman–Crippen MR) is 108 cm³/mol. The highest BCUT2D eigenvalue weighted by molar-refractivity contribution is 5.39. The minimum absolute atomic E-state index is 0.647. The molecule has 0 aromatic heterocycles. The molecule has 5 rings (SSSR count). The van der Waals surface area contributed by atoms with Gasteiger partial charge in [0.25, 0.3) is 0 Å². The van der Waals surface area contributed by atoms with Crippen LogP contribution in [0.15, 0.2) is 54.6 Å². The van der Waals surface area contributed by atoms with Gasteiger partial charge >= 0.3 is 0 Å². The highest BCUT2D eigenvalue weighted by Crippen LogP contribution is 2.29. The summed E-state index contributed by atoms with van der Waals surface area (Å²) >= 11 is 0. The van der Waals surface area contributed by atoms with Gasteiger partial charge in [0.15, 0.2) is 11.5 Å². The first-order valence-electron chi connectivity index (χ1n) is 10.1. The van der Waals surface area contributed by atoms with Crippen LogP contribution >= 0.6 is 0 Å². The Morgan fingerprint density at radius 3 is 2.48 bits per heavy atom. The molecule has 2 atom stereocenters. The van der Waals surface area contributed by atoms with Crippen molar-refractivity contribution in [1.82, 2.24) is 9.80 Å². The molecular formula is C23H30N2O2. The average molecular weight is 367 g/mol. The first-order valence-corrected chi connectivity index (χ1v) is 10.1. The Labute approximate surface area is 162 Å². The largest absolute Gasteiger partial charge is 0.493 e. The van der Waals surface area contributed by atoms with E-state index in [9.17, 15) is 0 Å². The van der Waals surface area contributed by atoms with E-state index in [0.29, 0.717) is 12.6 Å². The topological polar surface area (TPSA) is 24.9 Å². The van der Waals surface area contributed by atoms with E-state index >= 15 is 0 Å². The van der Waals surface area contributed by atoms with Crippen molar-refractivity contribution in [2.45, 2.75) is 25.4 Å². The number of nitrogens with zero attached hydrogens (tertiary/aromatic N) is 2. The van der Waals surface area contributed by atoms with Crippen LogP contribution in [0.25, 0.3) is 0 Å². The highest BCUT2D eigenvalue weighted by atomic mass is 16.5. The van der Waals surface area contributed by atoms with Crippen LogP contribution in [0.4, 0.5) is 0 Å². The first-order chi connectivity index (χ1) is 13.3. The van der Waals surface area contributed by atoms with Gasteiger partial charge in [0, 0.05) is 38.8 Å². The predicted octanol–water partition coefficient (Wildman–Crippen LogP) is 3.67. The standard InChI is InChI=1S/C23H30N2O2/c1-26-22-9-5-6-10-23(22)27-14-13-25-17-20-11-12-21(25)18-24(16-20)15-19-7-3-2-4-8-19/h2-10,20-21H,11-18H2,1H3/t20-,21+/m0/s1. The lowest BCUT2D eigenvalue weighted by atomic mass is 9.95. The van der Waals surface area contributed by atoms with Crippen LogP contribution in [-0.4, -0.2) is 55.7 Å². The van der Waals surface area contributed by atoms with E-state index in [-0.39, 0.29) is 0 Å². The van der Waals surface area contributed by atoms with Gasteiger partial charge in [-0.05, 0) is 36.5 Å². The van der Waals surface area contributed by atoms with Gasteiger partial charge in [-0.2, -0.15) is 0 Å². The monoisotopic (exact) mass is 366 g/mol. The van der Waals surface area contributed by atoms with Crippen LogP contribution in [0.1, 0.15) is 18.4 Å². The van der Waals surface area contributed by atoms with Crippen LogP contribution in [0, 0.1) is 5.92 Å². The fraction of sp³-hybridized carbons (Fsp3) is 0.478. The highest BCUT2D eigenvalue weighted by Gasteiger charge is 2.34. The number of piperidine rings is 1. The summed E-state index contributed by atoms with van der Waals surface area (Å²) in [5.41, 5.74) is 1.42. The lowest BCUT2D eigenvalue weighted by Crippen LogP contribution is -2.45. The van der Waals surface area contributed by atoms with Gasteiger partial charge in [-0.15, -0.1) is 0 Å². The Bertz CT molecular complexity index is 721. The normalized spacial score (nSPS) is 23.1. The molecule has 2 aromatic carbocycles. The Morgan fingerprint density at radius 1 is 0.889 bits per heavy atom. The van der Waals surface area contributed by atoms with Crippen molar-refractivity contribution in [3.63, 3.8) is 0 Å². The lowest BCUT2D eigenvalue weighted by Gasteiger charge is -2.36. The summed E-state index contributed by atoms with van der Waals surface area (Å²) in [6, 6.07) is 19.4. The first kappa shape index (κ1) is 18.3. The van der Waals surface area contributed by atoms with Crippen molar-refractivity contribution in [2.24, 2.45) is 5.92 Å². The Balaban J connectivity index is 1.32. The summed E-state index contributed by atoms with van der Waals surface area (Å²) in [4.78, 5) is 5.30. The van der Waals surface area contributed by atoms with Gasteiger partial charge in [0.05, 0.1) is 7.11 Å². The number of para-hydroxylation sites is 2. The van der Waals surface area contributed by atoms with Crippen molar-refractivity contribution in [1.29, 1.82) is 0 Å². The molecule has 3 aliphatic rings. The van der Waals surface area contributed by atoms with Crippen LogP contribution < -0.4 is 9.47 Å². The summed E-state index contributed by atoms with van der Waals surface area (Å²) in [6.07, 6.45) is 2.67. The van der Waals surface area contributed by atoms with E-state index in [2.05, 4.69) is 40.1 Å². The maximum absolute atomic E-state index is 6.02. The smallest absolute Gasteiger partial charge is 0.161 e. The molecule has 4 heteroatoms. The molecule has 0 amide bonds. The van der Waals surface area contributed by atoms with E-state index in [0.717, 1.165) is 30.5 Å². The fourth-order valence-electron chi connectivity index (χ4n) is 4.53. The van der Waals surface area contributed by atoms with Crippen molar-refractivity contribution < 1.29 is 9.47 Å². The number of hydrogen-bond acceptors (Lipinski definition) is 4. The molecule has 2 bridgehead atoms. The lowest BCUT2D eigenvalue weighted by molar-refractivity contribution is 0.109. The zero-order chi connectivity index (χ0) is 18.5. The Hall–Kier alpha value is -2.04. The summed E-state index contributed by atoms with van der Waals surface area (Å²) in [6.45, 7) is 6.35. The van der Waals surface area contributed by atoms with Crippen molar-refractivity contribution >= 4 is 0 Å². The zero-order valence-electron chi connectivity index (χ0n) is 16.2. The van der Waals surface area contributed by atoms with E-state index in [1.165, 1.54) is 38.0 Å². The molecule has 3 heterocycles. The van der Waals surface area contributed by atoms with Crippen LogP contribution in [0.2, 0.25) is 0 Å². The molecule has 3 saturated heterocycles. The molecule has 0 radical (unpaired) electrons. The van der Waals surface area contributed by atoms with Crippen LogP contribution in [0.3, 0.4) is 0 Å². The summed E-state index contributed by atoms with van der Waals surface area (Å²) < 4.78 is 11.4. The Morgan fingerprint density at radius 2 is 1.67 bits per heavy atom. The molecule has 0 unspecified atom stereocenters. The van der Waals surface area contributed by atoms with Crippen LogP contribution in [0.5, 0.6) is 11.5 Å². The number of ether oxygens (including phenoxy) is 2. The van der Waals surface area contributed by atoms with Crippen molar-refractivity contribution in [2.75, 3.05) is 39.9 Å². The van der Waals surface area contributed by atoms with Crippen molar-refractivity contribution in [3.05, 3.63) is 60.2 Å². The third-order valence-corrected chi connectivity index (χ3v) is 5.86. The maximum Gasteiger partial charge on any atom is 0.161 e. The molecular weight excluding hydrogens is 336 g/mol. The van der Waals surface area contributed by atoms with E-state index in [4.69, 9.17) is 9.47 Å². The second-order valence-electron chi connectivity index (χ2n) is 7.77.